The molecule has 3 aromatic rings. The molecule has 6 heteroatoms. The Hall–Kier alpha value is -2.37. The van der Waals surface area contributed by atoms with E-state index in [1.807, 2.05) is 24.3 Å². The SMILES string of the molecule is Cc1cc(C(C)(C)Cn2cnc(C(C)C)c2)nn1C(C)(C)c1cnn(C)c1. The summed E-state index contributed by atoms with van der Waals surface area (Å²) in [5, 5.41) is 9.35. The molecule has 6 nitrogen and oxygen atoms in total. The highest BCUT2D eigenvalue weighted by Gasteiger charge is 2.31. The Kier molecular flexibility index (Phi) is 4.78. The highest BCUT2D eigenvalue weighted by Crippen LogP contribution is 2.31. The molecule has 0 saturated heterocycles. The minimum absolute atomic E-state index is 0.101. The van der Waals surface area contributed by atoms with Crippen LogP contribution in [0.5, 0.6) is 0 Å². The molecule has 3 rings (SSSR count). The Morgan fingerprint density at radius 1 is 1.11 bits per heavy atom. The smallest absolute Gasteiger partial charge is 0.0949 e. The van der Waals surface area contributed by atoms with Crippen LogP contribution in [0, 0.1) is 6.92 Å². The van der Waals surface area contributed by atoms with E-state index in [-0.39, 0.29) is 11.0 Å². The van der Waals surface area contributed by atoms with Gasteiger partial charge in [-0.15, -0.1) is 0 Å². The second-order valence-electron chi connectivity index (χ2n) is 9.05. The van der Waals surface area contributed by atoms with Crippen LogP contribution >= 0.6 is 0 Å². The average Bonchev–Trinajstić information content (AvgIpc) is 3.27. The van der Waals surface area contributed by atoms with E-state index in [9.17, 15) is 0 Å². The molecule has 0 aromatic carbocycles. The van der Waals surface area contributed by atoms with Crippen molar-refractivity contribution in [3.8, 4) is 0 Å². The van der Waals surface area contributed by atoms with Crippen LogP contribution in [0.3, 0.4) is 0 Å². The van der Waals surface area contributed by atoms with Crippen LogP contribution in [-0.2, 0) is 24.5 Å². The van der Waals surface area contributed by atoms with E-state index in [0.29, 0.717) is 5.92 Å². The molecule has 0 radical (unpaired) electrons. The van der Waals surface area contributed by atoms with Gasteiger partial charge in [0.05, 0.1) is 29.5 Å². The molecule has 27 heavy (non-hydrogen) atoms. The molecule has 0 aliphatic heterocycles. The van der Waals surface area contributed by atoms with Gasteiger partial charge in [0.25, 0.3) is 0 Å². The molecule has 3 aromatic heterocycles. The van der Waals surface area contributed by atoms with E-state index in [1.54, 1.807) is 0 Å². The standard InChI is InChI=1S/C21H32N6/c1-15(2)18-12-26(14-22-18)13-20(4,5)19-9-16(3)27(24-19)21(6,7)17-10-23-25(8)11-17/h9-12,14-15H,13H2,1-8H3. The van der Waals surface area contributed by atoms with Crippen LogP contribution in [0.2, 0.25) is 0 Å². The Labute approximate surface area is 162 Å². The first kappa shape index (κ1) is 19.4. The molecule has 0 amide bonds. The lowest BCUT2D eigenvalue weighted by atomic mass is 9.89. The summed E-state index contributed by atoms with van der Waals surface area (Å²) >= 11 is 0. The van der Waals surface area contributed by atoms with Crippen molar-refractivity contribution in [2.75, 3.05) is 0 Å². The predicted octanol–water partition coefficient (Wildman–Crippen LogP) is 4.01. The Bertz CT molecular complexity index is 922. The molecule has 0 aliphatic carbocycles. The molecule has 0 atom stereocenters. The minimum atomic E-state index is -0.257. The third kappa shape index (κ3) is 3.70. The molecule has 146 valence electrons. The van der Waals surface area contributed by atoms with Crippen LogP contribution in [0.1, 0.15) is 70.1 Å². The summed E-state index contributed by atoms with van der Waals surface area (Å²) in [6.45, 7) is 16.2. The van der Waals surface area contributed by atoms with Gasteiger partial charge in [0.2, 0.25) is 0 Å². The van der Waals surface area contributed by atoms with Crippen molar-refractivity contribution in [3.05, 3.63) is 53.6 Å². The van der Waals surface area contributed by atoms with Gasteiger partial charge in [0, 0.05) is 42.7 Å². The Balaban J connectivity index is 1.89. The zero-order valence-corrected chi connectivity index (χ0v) is 17.9. The zero-order chi connectivity index (χ0) is 20.0. The van der Waals surface area contributed by atoms with Crippen LogP contribution in [0.4, 0.5) is 0 Å². The molecule has 3 heterocycles. The fourth-order valence-corrected chi connectivity index (χ4v) is 3.53. The summed E-state index contributed by atoms with van der Waals surface area (Å²) < 4.78 is 6.14. The lowest BCUT2D eigenvalue weighted by Crippen LogP contribution is -2.31. The lowest BCUT2D eigenvalue weighted by Gasteiger charge is -2.27. The van der Waals surface area contributed by atoms with Crippen LogP contribution < -0.4 is 0 Å². The fourth-order valence-electron chi connectivity index (χ4n) is 3.53. The summed E-state index contributed by atoms with van der Waals surface area (Å²) in [4.78, 5) is 4.53. The van der Waals surface area contributed by atoms with Gasteiger partial charge < -0.3 is 4.57 Å². The molecule has 0 bridgehead atoms. The normalized spacial score (nSPS) is 12.9. The van der Waals surface area contributed by atoms with Gasteiger partial charge in [-0.1, -0.05) is 27.7 Å². The molecular formula is C21H32N6. The highest BCUT2D eigenvalue weighted by atomic mass is 15.3. The van der Waals surface area contributed by atoms with Crippen LogP contribution in [0.25, 0.3) is 0 Å². The molecule has 0 N–H and O–H groups in total. The largest absolute Gasteiger partial charge is 0.336 e. The number of imidazole rings is 1. The topological polar surface area (TPSA) is 53.5 Å². The third-order valence-electron chi connectivity index (χ3n) is 5.34. The van der Waals surface area contributed by atoms with Gasteiger partial charge in [-0.2, -0.15) is 10.2 Å². The monoisotopic (exact) mass is 368 g/mol. The van der Waals surface area contributed by atoms with E-state index in [2.05, 4.69) is 86.3 Å². The van der Waals surface area contributed by atoms with E-state index < -0.39 is 0 Å². The lowest BCUT2D eigenvalue weighted by molar-refractivity contribution is 0.361. The van der Waals surface area contributed by atoms with E-state index in [0.717, 1.165) is 29.2 Å². The summed E-state index contributed by atoms with van der Waals surface area (Å²) in [6, 6.07) is 2.21. The van der Waals surface area contributed by atoms with E-state index in [1.165, 1.54) is 0 Å². The van der Waals surface area contributed by atoms with Crippen molar-refractivity contribution >= 4 is 0 Å². The molecular weight excluding hydrogens is 336 g/mol. The molecule has 0 aliphatic rings. The van der Waals surface area contributed by atoms with Crippen molar-refractivity contribution in [2.24, 2.45) is 7.05 Å². The van der Waals surface area contributed by atoms with Crippen molar-refractivity contribution < 1.29 is 0 Å². The maximum Gasteiger partial charge on any atom is 0.0949 e. The first-order chi connectivity index (χ1) is 12.5. The third-order valence-corrected chi connectivity index (χ3v) is 5.34. The second-order valence-corrected chi connectivity index (χ2v) is 9.05. The number of hydrogen-bond donors (Lipinski definition) is 0. The first-order valence-corrected chi connectivity index (χ1v) is 9.59. The number of rotatable bonds is 6. The van der Waals surface area contributed by atoms with Crippen molar-refractivity contribution in [2.45, 2.75) is 71.9 Å². The molecule has 0 unspecified atom stereocenters. The summed E-state index contributed by atoms with van der Waals surface area (Å²) in [6.07, 6.45) is 8.06. The van der Waals surface area contributed by atoms with E-state index >= 15 is 0 Å². The van der Waals surface area contributed by atoms with Crippen LogP contribution in [0.15, 0.2) is 31.0 Å². The van der Waals surface area contributed by atoms with Gasteiger partial charge in [0.15, 0.2) is 0 Å². The summed E-state index contributed by atoms with van der Waals surface area (Å²) in [5.74, 6) is 0.441. The van der Waals surface area contributed by atoms with E-state index in [4.69, 9.17) is 5.10 Å². The molecule has 0 fully saturated rings. The quantitative estimate of drug-likeness (QED) is 0.661. The predicted molar refractivity (Wildman–Crippen MR) is 108 cm³/mol. The molecule has 0 spiro atoms. The number of aryl methyl sites for hydroxylation is 2. The second kappa shape index (κ2) is 6.66. The summed E-state index contributed by atoms with van der Waals surface area (Å²) in [7, 11) is 1.95. The van der Waals surface area contributed by atoms with Gasteiger partial charge >= 0.3 is 0 Å². The zero-order valence-electron chi connectivity index (χ0n) is 17.9. The van der Waals surface area contributed by atoms with Gasteiger partial charge in [-0.05, 0) is 32.8 Å². The first-order valence-electron chi connectivity index (χ1n) is 9.59. The number of nitrogens with zero attached hydrogens (tertiary/aromatic N) is 6. The van der Waals surface area contributed by atoms with Gasteiger partial charge in [0.1, 0.15) is 0 Å². The fraction of sp³-hybridized carbons (Fsp3) is 0.571. The average molecular weight is 369 g/mol. The van der Waals surface area contributed by atoms with Crippen LogP contribution in [-0.4, -0.2) is 29.1 Å². The highest BCUT2D eigenvalue weighted by molar-refractivity contribution is 5.24. The van der Waals surface area contributed by atoms with Crippen molar-refractivity contribution in [1.82, 2.24) is 29.1 Å². The number of aromatic nitrogens is 6. The van der Waals surface area contributed by atoms with Crippen molar-refractivity contribution in [3.63, 3.8) is 0 Å². The summed E-state index contributed by atoms with van der Waals surface area (Å²) in [5.41, 5.74) is 4.17. The number of hydrogen-bond acceptors (Lipinski definition) is 3. The van der Waals surface area contributed by atoms with Gasteiger partial charge in [-0.3, -0.25) is 9.36 Å². The Morgan fingerprint density at radius 3 is 2.37 bits per heavy atom. The molecule has 0 saturated carbocycles. The Morgan fingerprint density at radius 2 is 1.81 bits per heavy atom. The minimum Gasteiger partial charge on any atom is -0.336 e. The maximum atomic E-state index is 5.02. The van der Waals surface area contributed by atoms with Gasteiger partial charge in [-0.25, -0.2) is 4.98 Å². The van der Waals surface area contributed by atoms with Crippen molar-refractivity contribution in [1.29, 1.82) is 0 Å². The maximum absolute atomic E-state index is 5.02.